The van der Waals surface area contributed by atoms with Crippen LogP contribution in [0.2, 0.25) is 0 Å². The number of anilines is 1. The number of benzene rings is 2. The van der Waals surface area contributed by atoms with E-state index in [0.29, 0.717) is 42.1 Å². The molecule has 13 heteroatoms. The Kier molecular flexibility index (Phi) is 8.11. The zero-order valence-corrected chi connectivity index (χ0v) is 22.3. The molecule has 11 nitrogen and oxygen atoms in total. The fourth-order valence-electron chi connectivity index (χ4n) is 4.12. The summed E-state index contributed by atoms with van der Waals surface area (Å²) >= 11 is 0. The summed E-state index contributed by atoms with van der Waals surface area (Å²) < 4.78 is 52.1. The van der Waals surface area contributed by atoms with Crippen molar-refractivity contribution in [2.45, 2.75) is 26.0 Å². The minimum absolute atomic E-state index is 0.00660. The van der Waals surface area contributed by atoms with E-state index in [0.717, 1.165) is 5.56 Å². The highest BCUT2D eigenvalue weighted by Gasteiger charge is 2.30. The van der Waals surface area contributed by atoms with E-state index >= 15 is 0 Å². The maximum absolute atomic E-state index is 13.8. The van der Waals surface area contributed by atoms with Gasteiger partial charge < -0.3 is 28.8 Å². The third-order valence-corrected chi connectivity index (χ3v) is 7.93. The standard InChI is InChI=1S/C27H27FN5O6P/c1-18-38-22(24(39-18)20-9-3-2-4-10-20)16-37-40(35,36-15-19-8-7-11-21(28)14-19)13-6-5-12-33-17-30-23-25(33)31-27(29)32-26(23)34/h2-4,7-11,14,17H,1,5-6,12-13,15-16H2,(H3,29,31,32,34). The molecule has 40 heavy (non-hydrogen) atoms. The van der Waals surface area contributed by atoms with E-state index in [1.54, 1.807) is 16.7 Å². The van der Waals surface area contributed by atoms with Crippen molar-refractivity contribution in [1.82, 2.24) is 19.5 Å². The molecule has 3 heterocycles. The predicted octanol–water partition coefficient (Wildman–Crippen LogP) is 4.93. The summed E-state index contributed by atoms with van der Waals surface area (Å²) in [6.45, 7) is 3.85. The summed E-state index contributed by atoms with van der Waals surface area (Å²) in [6.07, 6.45) is 2.56. The van der Waals surface area contributed by atoms with E-state index in [1.165, 1.54) is 18.5 Å². The molecule has 4 aromatic rings. The quantitative estimate of drug-likeness (QED) is 0.180. The van der Waals surface area contributed by atoms with Crippen LogP contribution >= 0.6 is 7.60 Å². The number of nitrogens with zero attached hydrogens (tertiary/aromatic N) is 3. The van der Waals surface area contributed by atoms with Crippen LogP contribution in [0.3, 0.4) is 0 Å². The van der Waals surface area contributed by atoms with Crippen LogP contribution < -0.4 is 11.3 Å². The van der Waals surface area contributed by atoms with E-state index in [1.807, 2.05) is 30.3 Å². The molecule has 208 valence electrons. The molecule has 0 spiro atoms. The van der Waals surface area contributed by atoms with Gasteiger partial charge in [-0.2, -0.15) is 4.98 Å². The largest absolute Gasteiger partial charge is 0.424 e. The minimum Gasteiger partial charge on any atom is -0.424 e. The number of fused-ring (bicyclic) bond motifs is 1. The van der Waals surface area contributed by atoms with Crippen molar-refractivity contribution in [3.8, 4) is 0 Å². The predicted molar refractivity (Wildman–Crippen MR) is 146 cm³/mol. The van der Waals surface area contributed by atoms with E-state index in [9.17, 15) is 13.8 Å². The van der Waals surface area contributed by atoms with Gasteiger partial charge in [0.1, 0.15) is 12.4 Å². The molecule has 0 bridgehead atoms. The second-order valence-electron chi connectivity index (χ2n) is 8.97. The lowest BCUT2D eigenvalue weighted by Gasteiger charge is -2.19. The number of nitrogens with one attached hydrogen (secondary N) is 1. The Morgan fingerprint density at radius 3 is 2.67 bits per heavy atom. The third-order valence-electron chi connectivity index (χ3n) is 6.03. The Morgan fingerprint density at radius 2 is 1.88 bits per heavy atom. The molecule has 0 saturated carbocycles. The van der Waals surface area contributed by atoms with Crippen LogP contribution in [-0.4, -0.2) is 32.3 Å². The van der Waals surface area contributed by atoms with Gasteiger partial charge in [-0.25, -0.2) is 9.37 Å². The van der Waals surface area contributed by atoms with Crippen molar-refractivity contribution in [3.05, 3.63) is 107 Å². The maximum atomic E-state index is 13.8. The first-order chi connectivity index (χ1) is 19.3. The van der Waals surface area contributed by atoms with Crippen molar-refractivity contribution < 1.29 is 27.5 Å². The number of nitrogens with two attached hydrogens (primary N) is 1. The van der Waals surface area contributed by atoms with Crippen LogP contribution in [0.4, 0.5) is 10.3 Å². The Hall–Kier alpha value is -4.25. The van der Waals surface area contributed by atoms with Gasteiger partial charge in [0.15, 0.2) is 22.7 Å². The van der Waals surface area contributed by atoms with Crippen molar-refractivity contribution >= 4 is 30.5 Å². The summed E-state index contributed by atoms with van der Waals surface area (Å²) in [7, 11) is -3.70. The molecule has 2 aromatic heterocycles. The second kappa shape index (κ2) is 11.9. The van der Waals surface area contributed by atoms with E-state index in [-0.39, 0.29) is 36.8 Å². The SMILES string of the molecule is C=C1OC(COP(=O)(CCCCn2cnc3c(=O)[nH]c(N)nc32)OCc2cccc(F)c2)=C(c2ccccc2)O1. The minimum atomic E-state index is -3.70. The lowest BCUT2D eigenvalue weighted by molar-refractivity contribution is 0.156. The number of H-pyrrole nitrogens is 1. The number of aromatic nitrogens is 4. The van der Waals surface area contributed by atoms with Crippen molar-refractivity contribution in [2.24, 2.45) is 0 Å². The van der Waals surface area contributed by atoms with Gasteiger partial charge in [0.25, 0.3) is 11.5 Å². The van der Waals surface area contributed by atoms with E-state index < -0.39 is 19.0 Å². The zero-order chi connectivity index (χ0) is 28.1. The molecule has 1 aliphatic heterocycles. The molecule has 0 saturated heterocycles. The van der Waals surface area contributed by atoms with Crippen LogP contribution in [0.5, 0.6) is 0 Å². The third kappa shape index (κ3) is 6.48. The van der Waals surface area contributed by atoms with E-state index in [2.05, 4.69) is 21.5 Å². The van der Waals surface area contributed by atoms with Gasteiger partial charge in [-0.05, 0) is 37.1 Å². The molecule has 1 atom stereocenters. The Morgan fingerprint density at radius 1 is 1.07 bits per heavy atom. The number of aromatic amines is 1. The van der Waals surface area contributed by atoms with Crippen LogP contribution in [-0.2, 0) is 36.2 Å². The monoisotopic (exact) mass is 567 g/mol. The average Bonchev–Trinajstić information content (AvgIpc) is 3.52. The van der Waals surface area contributed by atoms with Gasteiger partial charge in [-0.1, -0.05) is 42.5 Å². The molecular weight excluding hydrogens is 540 g/mol. The van der Waals surface area contributed by atoms with Gasteiger partial charge in [0.05, 0.1) is 19.1 Å². The number of nitrogen functional groups attached to an aromatic ring is 1. The van der Waals surface area contributed by atoms with Crippen LogP contribution in [0.1, 0.15) is 24.0 Å². The van der Waals surface area contributed by atoms with Crippen molar-refractivity contribution in [2.75, 3.05) is 18.5 Å². The first-order valence-electron chi connectivity index (χ1n) is 12.5. The number of rotatable bonds is 12. The second-order valence-corrected chi connectivity index (χ2v) is 11.2. The van der Waals surface area contributed by atoms with Crippen LogP contribution in [0.25, 0.3) is 16.9 Å². The molecule has 0 aliphatic carbocycles. The number of halogens is 1. The summed E-state index contributed by atoms with van der Waals surface area (Å²) in [5.74, 6) is 0.368. The number of unbranched alkanes of at least 4 members (excludes halogenated alkanes) is 1. The number of hydrogen-bond acceptors (Lipinski definition) is 9. The van der Waals surface area contributed by atoms with Gasteiger partial charge in [0.2, 0.25) is 5.95 Å². The Labute approximate surface area is 228 Å². The summed E-state index contributed by atoms with van der Waals surface area (Å²) in [6, 6.07) is 15.1. The lowest BCUT2D eigenvalue weighted by atomic mass is 10.2. The number of imidazole rings is 1. The molecule has 1 unspecified atom stereocenters. The molecule has 1 aliphatic rings. The molecular formula is C27H27FN5O6P. The van der Waals surface area contributed by atoms with Crippen LogP contribution in [0, 0.1) is 5.82 Å². The number of ether oxygens (including phenoxy) is 2. The molecule has 5 rings (SSSR count). The maximum Gasteiger partial charge on any atom is 0.331 e. The van der Waals surface area contributed by atoms with Gasteiger partial charge in [-0.3, -0.25) is 14.3 Å². The number of hydrogen-bond donors (Lipinski definition) is 2. The fraction of sp³-hybridized carbons (Fsp3) is 0.222. The normalized spacial score (nSPS) is 14.8. The van der Waals surface area contributed by atoms with Gasteiger partial charge >= 0.3 is 7.60 Å². The molecule has 0 fully saturated rings. The summed E-state index contributed by atoms with van der Waals surface area (Å²) in [5.41, 5.74) is 7.05. The van der Waals surface area contributed by atoms with E-state index in [4.69, 9.17) is 24.3 Å². The fourth-order valence-corrected chi connectivity index (χ4v) is 5.73. The Bertz CT molecular complexity index is 1670. The Balaban J connectivity index is 1.28. The van der Waals surface area contributed by atoms with Crippen molar-refractivity contribution in [3.63, 3.8) is 0 Å². The molecule has 0 radical (unpaired) electrons. The average molecular weight is 568 g/mol. The highest BCUT2D eigenvalue weighted by atomic mass is 31.2. The molecule has 3 N–H and O–H groups in total. The topological polar surface area (TPSA) is 144 Å². The molecule has 0 amide bonds. The highest BCUT2D eigenvalue weighted by molar-refractivity contribution is 7.53. The summed E-state index contributed by atoms with van der Waals surface area (Å²) in [4.78, 5) is 22.7. The van der Waals surface area contributed by atoms with Crippen LogP contribution in [0.15, 0.2) is 84.0 Å². The number of aryl methyl sites for hydroxylation is 1. The first kappa shape index (κ1) is 27.3. The molecule has 2 aromatic carbocycles. The van der Waals surface area contributed by atoms with Gasteiger partial charge in [0, 0.05) is 12.1 Å². The lowest BCUT2D eigenvalue weighted by Crippen LogP contribution is -2.12. The zero-order valence-electron chi connectivity index (χ0n) is 21.4. The highest BCUT2D eigenvalue weighted by Crippen LogP contribution is 2.51. The smallest absolute Gasteiger partial charge is 0.331 e. The van der Waals surface area contributed by atoms with Gasteiger partial charge in [-0.15, -0.1) is 0 Å². The van der Waals surface area contributed by atoms with Crippen molar-refractivity contribution in [1.29, 1.82) is 0 Å². The summed E-state index contributed by atoms with van der Waals surface area (Å²) in [5, 5.41) is 0. The first-order valence-corrected chi connectivity index (χ1v) is 14.2.